The average Bonchev–Trinajstić information content (AvgIpc) is 3.75. The number of aromatic nitrogens is 1. The summed E-state index contributed by atoms with van der Waals surface area (Å²) >= 11 is 1.51. The number of rotatable bonds is 13. The third-order valence-electron chi connectivity index (χ3n) is 8.59. The van der Waals surface area contributed by atoms with Gasteiger partial charge in [-0.15, -0.1) is 11.3 Å². The van der Waals surface area contributed by atoms with E-state index in [0.29, 0.717) is 23.4 Å². The minimum absolute atomic E-state index is 0.00429. The summed E-state index contributed by atoms with van der Waals surface area (Å²) in [6.07, 6.45) is -0.797. The molecule has 0 saturated carbocycles. The topological polar surface area (TPSA) is 148 Å². The van der Waals surface area contributed by atoms with Crippen molar-refractivity contribution < 1.29 is 38.5 Å². The number of aryl methyl sites for hydroxylation is 1. The molecule has 3 amide bonds. The van der Waals surface area contributed by atoms with Gasteiger partial charge in [0.25, 0.3) is 5.91 Å². The van der Waals surface area contributed by atoms with Gasteiger partial charge in [0.15, 0.2) is 0 Å². The first-order valence-electron chi connectivity index (χ1n) is 16.8. The van der Waals surface area contributed by atoms with Gasteiger partial charge < -0.3 is 34.4 Å². The summed E-state index contributed by atoms with van der Waals surface area (Å²) in [5, 5.41) is 13.6. The number of thiazole rings is 1. The third-order valence-corrected chi connectivity index (χ3v) is 9.57. The fraction of sp³-hybridized carbons (Fsp3) is 0.486. The summed E-state index contributed by atoms with van der Waals surface area (Å²) in [4.78, 5) is 61.4. The lowest BCUT2D eigenvalue weighted by molar-refractivity contribution is -0.160. The van der Waals surface area contributed by atoms with E-state index in [1.54, 1.807) is 43.3 Å². The Balaban J connectivity index is 1.26. The molecule has 12 nitrogen and oxygen atoms in total. The zero-order valence-electron chi connectivity index (χ0n) is 29.4. The summed E-state index contributed by atoms with van der Waals surface area (Å²) in [5.41, 5.74) is 5.07. The Morgan fingerprint density at radius 3 is 2.56 bits per heavy atom. The highest BCUT2D eigenvalue weighted by molar-refractivity contribution is 7.13. The molecule has 1 unspecified atom stereocenters. The van der Waals surface area contributed by atoms with Crippen molar-refractivity contribution >= 4 is 35.0 Å². The number of β-amino-alcohol motifs (C(OH)–C–C–N with tert-alkyl or cyclic N) is 1. The van der Waals surface area contributed by atoms with E-state index in [9.17, 15) is 24.3 Å². The molecule has 0 radical (unpaired) electrons. The molecule has 2 aliphatic heterocycles. The number of benzene rings is 2. The van der Waals surface area contributed by atoms with Crippen LogP contribution in [0.15, 0.2) is 48.0 Å². The molecular weight excluding hydrogens is 660 g/mol. The van der Waals surface area contributed by atoms with E-state index in [1.165, 1.54) is 16.2 Å². The van der Waals surface area contributed by atoms with Gasteiger partial charge >= 0.3 is 5.97 Å². The Hall–Kier alpha value is -4.33. The maximum absolute atomic E-state index is 14.1. The van der Waals surface area contributed by atoms with E-state index in [-0.39, 0.29) is 57.1 Å². The van der Waals surface area contributed by atoms with Crippen LogP contribution in [0, 0.1) is 12.8 Å². The number of carbonyl (C=O) groups excluding carboxylic acids is 4. The predicted octanol–water partition coefficient (Wildman–Crippen LogP) is 4.11. The molecule has 50 heavy (non-hydrogen) atoms. The maximum Gasteiger partial charge on any atom is 0.332 e. The summed E-state index contributed by atoms with van der Waals surface area (Å²) in [6, 6.07) is 11.3. The molecule has 1 aromatic heterocycles. The maximum atomic E-state index is 14.1. The molecule has 0 bridgehead atoms. The van der Waals surface area contributed by atoms with Crippen molar-refractivity contribution in [1.29, 1.82) is 0 Å². The van der Waals surface area contributed by atoms with E-state index < -0.39 is 35.7 Å². The number of likely N-dealkylation sites (tertiary alicyclic amines) is 1. The molecule has 13 heteroatoms. The van der Waals surface area contributed by atoms with E-state index in [2.05, 4.69) is 10.3 Å². The number of hydrogen-bond donors (Lipinski definition) is 2. The van der Waals surface area contributed by atoms with E-state index in [4.69, 9.17) is 14.2 Å². The van der Waals surface area contributed by atoms with Crippen LogP contribution in [0.3, 0.4) is 0 Å². The largest absolute Gasteiger partial charge is 0.491 e. The number of fused-ring (bicyclic) bond motifs is 1. The molecule has 1 fully saturated rings. The average molecular weight is 707 g/mol. The van der Waals surface area contributed by atoms with Crippen LogP contribution in [0.2, 0.25) is 0 Å². The van der Waals surface area contributed by atoms with Crippen LogP contribution in [-0.2, 0) is 36.9 Å². The first kappa shape index (κ1) is 36.9. The van der Waals surface area contributed by atoms with Crippen molar-refractivity contribution in [1.82, 2.24) is 20.1 Å². The Kier molecular flexibility index (Phi) is 11.6. The second kappa shape index (κ2) is 15.7. The molecule has 0 spiro atoms. The first-order valence-corrected chi connectivity index (χ1v) is 17.7. The van der Waals surface area contributed by atoms with Gasteiger partial charge in [0.1, 0.15) is 36.6 Å². The van der Waals surface area contributed by atoms with Crippen molar-refractivity contribution in [3.63, 3.8) is 0 Å². The van der Waals surface area contributed by atoms with E-state index in [0.717, 1.165) is 21.7 Å². The molecule has 3 atom stereocenters. The predicted molar refractivity (Wildman–Crippen MR) is 187 cm³/mol. The zero-order chi connectivity index (χ0) is 36.2. The number of amides is 3. The molecule has 0 aliphatic carbocycles. The van der Waals surface area contributed by atoms with Crippen molar-refractivity contribution in [3.8, 4) is 16.2 Å². The van der Waals surface area contributed by atoms with E-state index >= 15 is 0 Å². The fourth-order valence-electron chi connectivity index (χ4n) is 6.35. The summed E-state index contributed by atoms with van der Waals surface area (Å²) in [6.45, 7) is 11.5. The Morgan fingerprint density at radius 2 is 1.88 bits per heavy atom. The molecule has 3 aromatic rings. The van der Waals surface area contributed by atoms with Crippen molar-refractivity contribution in [2.45, 2.75) is 84.8 Å². The fourth-order valence-corrected chi connectivity index (χ4v) is 7.15. The monoisotopic (exact) mass is 706 g/mol. The molecule has 5 rings (SSSR count). The molecule has 3 heterocycles. The van der Waals surface area contributed by atoms with Gasteiger partial charge in [-0.2, -0.15) is 0 Å². The van der Waals surface area contributed by atoms with Crippen LogP contribution in [-0.4, -0.2) is 93.7 Å². The number of aliphatic hydroxyl groups is 1. The first-order chi connectivity index (χ1) is 23.7. The highest BCUT2D eigenvalue weighted by Crippen LogP contribution is 2.33. The Morgan fingerprint density at radius 1 is 1.12 bits per heavy atom. The SMILES string of the molecule is Cc1ncsc1-c1ccc(CNC(=O)[C@@H]2C[C@@H](O)CN2C(=O)C(C(C)C)N2Cc3ccccc3C2=O)c(OCCOCC(=O)OC(C)(C)C)c1. The minimum atomic E-state index is -0.913. The van der Waals surface area contributed by atoms with Gasteiger partial charge in [-0.1, -0.05) is 44.2 Å². The number of ether oxygens (including phenoxy) is 3. The van der Waals surface area contributed by atoms with E-state index in [1.807, 2.05) is 51.1 Å². The highest BCUT2D eigenvalue weighted by Gasteiger charge is 2.45. The van der Waals surface area contributed by atoms with Crippen molar-refractivity contribution in [3.05, 3.63) is 70.4 Å². The lowest BCUT2D eigenvalue weighted by atomic mass is 10.0. The third kappa shape index (κ3) is 8.69. The second-order valence-corrected chi connectivity index (χ2v) is 14.8. The summed E-state index contributed by atoms with van der Waals surface area (Å²) in [7, 11) is 0. The molecule has 2 aliphatic rings. The summed E-state index contributed by atoms with van der Waals surface area (Å²) in [5.74, 6) is -1.17. The van der Waals surface area contributed by atoms with Crippen LogP contribution in [0.5, 0.6) is 5.75 Å². The zero-order valence-corrected chi connectivity index (χ0v) is 30.2. The molecular formula is C37H46N4O8S. The second-order valence-electron chi connectivity index (χ2n) is 14.0. The van der Waals surface area contributed by atoms with Crippen LogP contribution >= 0.6 is 11.3 Å². The Labute approximate surface area is 296 Å². The van der Waals surface area contributed by atoms with Crippen LogP contribution in [0.25, 0.3) is 10.4 Å². The van der Waals surface area contributed by atoms with Gasteiger partial charge in [0, 0.05) is 37.2 Å². The van der Waals surface area contributed by atoms with Gasteiger partial charge in [-0.25, -0.2) is 9.78 Å². The van der Waals surface area contributed by atoms with Crippen LogP contribution in [0.1, 0.15) is 68.2 Å². The molecule has 2 aromatic carbocycles. The highest BCUT2D eigenvalue weighted by atomic mass is 32.1. The van der Waals surface area contributed by atoms with Crippen LogP contribution in [0.4, 0.5) is 0 Å². The lowest BCUT2D eigenvalue weighted by Gasteiger charge is -2.35. The summed E-state index contributed by atoms with van der Waals surface area (Å²) < 4.78 is 16.8. The smallest absolute Gasteiger partial charge is 0.332 e. The van der Waals surface area contributed by atoms with Crippen molar-refractivity contribution in [2.24, 2.45) is 5.92 Å². The quantitative estimate of drug-likeness (QED) is 0.198. The van der Waals surface area contributed by atoms with Gasteiger partial charge in [-0.05, 0) is 56.9 Å². The molecule has 268 valence electrons. The minimum Gasteiger partial charge on any atom is -0.491 e. The molecule has 1 saturated heterocycles. The molecule has 2 N–H and O–H groups in total. The lowest BCUT2D eigenvalue weighted by Crippen LogP contribution is -2.55. The number of nitrogens with zero attached hydrogens (tertiary/aromatic N) is 3. The number of esters is 1. The van der Waals surface area contributed by atoms with Gasteiger partial charge in [0.2, 0.25) is 11.8 Å². The van der Waals surface area contributed by atoms with Gasteiger partial charge in [-0.3, -0.25) is 14.4 Å². The number of aliphatic hydroxyl groups excluding tert-OH is 1. The Bertz CT molecular complexity index is 1720. The number of nitrogens with one attached hydrogen (secondary N) is 1. The van der Waals surface area contributed by atoms with Crippen molar-refractivity contribution in [2.75, 3.05) is 26.4 Å². The van der Waals surface area contributed by atoms with Crippen LogP contribution < -0.4 is 10.1 Å². The standard InChI is InChI=1S/C37H46N4O8S/c1-22(2)32(41-18-26-9-7-8-10-28(26)35(41)45)36(46)40-19-27(42)16-29(40)34(44)38-17-25-12-11-24(33-23(3)39-21-50-33)15-30(25)48-14-13-47-20-31(43)49-37(4,5)6/h7-12,15,21-22,27,29,32,42H,13-14,16-20H2,1-6H3,(H,38,44)/t27-,29+,32?/m1/s1. The number of hydrogen-bond acceptors (Lipinski definition) is 10. The van der Waals surface area contributed by atoms with Gasteiger partial charge in [0.05, 0.1) is 28.8 Å². The normalized spacial score (nSPS) is 18.0. The number of carbonyl (C=O) groups is 4.